The van der Waals surface area contributed by atoms with Crippen LogP contribution in [0.25, 0.3) is 0 Å². The topological polar surface area (TPSA) is 42.3 Å². The Kier molecular flexibility index (Phi) is 5.82. The molecule has 0 aliphatic carbocycles. The standard InChI is InChI=1S/C14H26N4O/c1-3-13(2)18-14(4-5-16-18)12-15-6-7-17-8-10-19-11-9-17/h4-5,13,15H,3,6-12H2,1-2H3. The largest absolute Gasteiger partial charge is 0.379 e. The van der Waals surface area contributed by atoms with E-state index in [0.717, 1.165) is 52.4 Å². The number of hydrogen-bond acceptors (Lipinski definition) is 4. The quantitative estimate of drug-likeness (QED) is 0.755. The van der Waals surface area contributed by atoms with Gasteiger partial charge >= 0.3 is 0 Å². The number of aromatic nitrogens is 2. The molecule has 1 N–H and O–H groups in total. The monoisotopic (exact) mass is 266 g/mol. The van der Waals surface area contributed by atoms with Gasteiger partial charge in [0.15, 0.2) is 0 Å². The molecule has 0 spiro atoms. The van der Waals surface area contributed by atoms with Crippen LogP contribution >= 0.6 is 0 Å². The van der Waals surface area contributed by atoms with E-state index >= 15 is 0 Å². The maximum atomic E-state index is 5.35. The normalized spacial score (nSPS) is 18.6. The van der Waals surface area contributed by atoms with E-state index in [0.29, 0.717) is 6.04 Å². The van der Waals surface area contributed by atoms with E-state index in [1.54, 1.807) is 0 Å². The Hall–Kier alpha value is -0.910. The van der Waals surface area contributed by atoms with Crippen LogP contribution in [0.5, 0.6) is 0 Å². The number of hydrogen-bond donors (Lipinski definition) is 1. The van der Waals surface area contributed by atoms with Crippen molar-refractivity contribution in [2.75, 3.05) is 39.4 Å². The van der Waals surface area contributed by atoms with E-state index in [9.17, 15) is 0 Å². The molecule has 0 saturated carbocycles. The van der Waals surface area contributed by atoms with Crippen LogP contribution in [-0.2, 0) is 11.3 Å². The Morgan fingerprint density at radius 2 is 2.21 bits per heavy atom. The van der Waals surface area contributed by atoms with Crippen molar-refractivity contribution in [2.45, 2.75) is 32.9 Å². The van der Waals surface area contributed by atoms with Crippen LogP contribution in [0.2, 0.25) is 0 Å². The van der Waals surface area contributed by atoms with Gasteiger partial charge in [-0.15, -0.1) is 0 Å². The zero-order valence-electron chi connectivity index (χ0n) is 12.1. The van der Waals surface area contributed by atoms with Gasteiger partial charge in [0.25, 0.3) is 0 Å². The SMILES string of the molecule is CCC(C)n1nccc1CNCCN1CCOCC1. The van der Waals surface area contributed by atoms with E-state index in [1.807, 2.05) is 6.20 Å². The summed E-state index contributed by atoms with van der Waals surface area (Å²) in [5.74, 6) is 0. The summed E-state index contributed by atoms with van der Waals surface area (Å²) >= 11 is 0. The molecule has 1 atom stereocenters. The molecule has 5 nitrogen and oxygen atoms in total. The molecule has 1 aliphatic heterocycles. The van der Waals surface area contributed by atoms with Crippen molar-refractivity contribution in [2.24, 2.45) is 0 Å². The van der Waals surface area contributed by atoms with E-state index in [2.05, 4.69) is 39.9 Å². The van der Waals surface area contributed by atoms with Gasteiger partial charge < -0.3 is 10.1 Å². The molecule has 0 amide bonds. The minimum absolute atomic E-state index is 0.478. The molecular formula is C14H26N4O. The summed E-state index contributed by atoms with van der Waals surface area (Å²) in [6, 6.07) is 2.58. The van der Waals surface area contributed by atoms with Crippen molar-refractivity contribution in [1.82, 2.24) is 20.0 Å². The lowest BCUT2D eigenvalue weighted by Gasteiger charge is -2.26. The summed E-state index contributed by atoms with van der Waals surface area (Å²) < 4.78 is 7.47. The van der Waals surface area contributed by atoms with Crippen LogP contribution in [-0.4, -0.2) is 54.1 Å². The average molecular weight is 266 g/mol. The third-order valence-electron chi connectivity index (χ3n) is 3.78. The fourth-order valence-corrected chi connectivity index (χ4v) is 2.33. The summed E-state index contributed by atoms with van der Waals surface area (Å²) in [4.78, 5) is 2.45. The molecule has 1 saturated heterocycles. The summed E-state index contributed by atoms with van der Waals surface area (Å²) in [6.07, 6.45) is 3.01. The van der Waals surface area contributed by atoms with Gasteiger partial charge in [0.05, 0.1) is 18.9 Å². The molecule has 1 aliphatic rings. The molecule has 1 aromatic rings. The lowest BCUT2D eigenvalue weighted by molar-refractivity contribution is 0.0384. The summed E-state index contributed by atoms with van der Waals surface area (Å²) in [5.41, 5.74) is 1.27. The fourth-order valence-electron chi connectivity index (χ4n) is 2.33. The van der Waals surface area contributed by atoms with Crippen molar-refractivity contribution in [3.8, 4) is 0 Å². The van der Waals surface area contributed by atoms with Crippen molar-refractivity contribution < 1.29 is 4.74 Å². The summed E-state index contributed by atoms with van der Waals surface area (Å²) in [6.45, 7) is 11.3. The lowest BCUT2D eigenvalue weighted by Crippen LogP contribution is -2.40. The van der Waals surface area contributed by atoms with Crippen molar-refractivity contribution >= 4 is 0 Å². The van der Waals surface area contributed by atoms with Gasteiger partial charge in [-0.05, 0) is 19.4 Å². The van der Waals surface area contributed by atoms with Gasteiger partial charge in [0.1, 0.15) is 0 Å². The minimum Gasteiger partial charge on any atom is -0.379 e. The third kappa shape index (κ3) is 4.30. The van der Waals surface area contributed by atoms with E-state index in [1.165, 1.54) is 5.69 Å². The van der Waals surface area contributed by atoms with Gasteiger partial charge in [0.2, 0.25) is 0 Å². The molecule has 1 unspecified atom stereocenters. The van der Waals surface area contributed by atoms with Gasteiger partial charge in [0, 0.05) is 45.0 Å². The van der Waals surface area contributed by atoms with E-state index < -0.39 is 0 Å². The summed E-state index contributed by atoms with van der Waals surface area (Å²) in [7, 11) is 0. The van der Waals surface area contributed by atoms with Crippen molar-refractivity contribution in [1.29, 1.82) is 0 Å². The first-order valence-corrected chi connectivity index (χ1v) is 7.34. The molecule has 5 heteroatoms. The first-order chi connectivity index (χ1) is 9.31. The van der Waals surface area contributed by atoms with Gasteiger partial charge in [-0.3, -0.25) is 9.58 Å². The molecule has 0 aromatic carbocycles. The molecule has 108 valence electrons. The van der Waals surface area contributed by atoms with Crippen LogP contribution in [0.1, 0.15) is 32.0 Å². The van der Waals surface area contributed by atoms with Gasteiger partial charge in [-0.25, -0.2) is 0 Å². The Morgan fingerprint density at radius 3 is 2.95 bits per heavy atom. The minimum atomic E-state index is 0.478. The number of nitrogens with zero attached hydrogens (tertiary/aromatic N) is 3. The first kappa shape index (κ1) is 14.5. The van der Waals surface area contributed by atoms with Crippen LogP contribution < -0.4 is 5.32 Å². The summed E-state index contributed by atoms with van der Waals surface area (Å²) in [5, 5.41) is 7.92. The Bertz CT molecular complexity index is 360. The maximum absolute atomic E-state index is 5.35. The molecule has 2 heterocycles. The zero-order valence-corrected chi connectivity index (χ0v) is 12.1. The lowest BCUT2D eigenvalue weighted by atomic mass is 10.2. The molecule has 0 bridgehead atoms. The molecular weight excluding hydrogens is 240 g/mol. The van der Waals surface area contributed by atoms with Crippen molar-refractivity contribution in [3.05, 3.63) is 18.0 Å². The average Bonchev–Trinajstić information content (AvgIpc) is 2.92. The van der Waals surface area contributed by atoms with Crippen molar-refractivity contribution in [3.63, 3.8) is 0 Å². The zero-order chi connectivity index (χ0) is 13.5. The third-order valence-corrected chi connectivity index (χ3v) is 3.78. The molecule has 19 heavy (non-hydrogen) atoms. The smallest absolute Gasteiger partial charge is 0.0594 e. The van der Waals surface area contributed by atoms with Crippen LogP contribution in [0, 0.1) is 0 Å². The number of rotatable bonds is 7. The molecule has 2 rings (SSSR count). The van der Waals surface area contributed by atoms with Crippen LogP contribution in [0.3, 0.4) is 0 Å². The number of nitrogens with one attached hydrogen (secondary N) is 1. The second-order valence-corrected chi connectivity index (χ2v) is 5.16. The van der Waals surface area contributed by atoms with E-state index in [4.69, 9.17) is 4.74 Å². The predicted molar refractivity (Wildman–Crippen MR) is 76.2 cm³/mol. The highest BCUT2D eigenvalue weighted by atomic mass is 16.5. The van der Waals surface area contributed by atoms with Gasteiger partial charge in [-0.2, -0.15) is 5.10 Å². The van der Waals surface area contributed by atoms with E-state index in [-0.39, 0.29) is 0 Å². The highest BCUT2D eigenvalue weighted by Crippen LogP contribution is 2.11. The maximum Gasteiger partial charge on any atom is 0.0594 e. The van der Waals surface area contributed by atoms with Gasteiger partial charge in [-0.1, -0.05) is 6.92 Å². The fraction of sp³-hybridized carbons (Fsp3) is 0.786. The van der Waals surface area contributed by atoms with Crippen LogP contribution in [0.15, 0.2) is 12.3 Å². The second-order valence-electron chi connectivity index (χ2n) is 5.16. The van der Waals surface area contributed by atoms with Crippen LogP contribution in [0.4, 0.5) is 0 Å². The second kappa shape index (κ2) is 7.62. The Morgan fingerprint density at radius 1 is 1.42 bits per heavy atom. The predicted octanol–water partition coefficient (Wildman–Crippen LogP) is 1.28. The number of ether oxygens (including phenoxy) is 1. The molecule has 1 fully saturated rings. The Labute approximate surface area is 115 Å². The number of morpholine rings is 1. The highest BCUT2D eigenvalue weighted by Gasteiger charge is 2.10. The highest BCUT2D eigenvalue weighted by molar-refractivity contribution is 5.01. The Balaban J connectivity index is 1.69. The molecule has 0 radical (unpaired) electrons. The first-order valence-electron chi connectivity index (χ1n) is 7.34. The molecule has 1 aromatic heterocycles.